The summed E-state index contributed by atoms with van der Waals surface area (Å²) in [4.78, 5) is 27.2. The monoisotopic (exact) mass is 472 g/mol. The molecule has 0 aliphatic carbocycles. The Balaban J connectivity index is 1.37. The van der Waals surface area contributed by atoms with Crippen LogP contribution in [0.25, 0.3) is 0 Å². The standard InChI is InChI=1S/C27H32N6O2/c1-17-8-9-18-10-12-33(15-19(18)14-17)27-30-22-11-13-32(16-21(22)25(29-2)31-27)26(34)24(28)20-6-4-5-7-23(20)35-3/h4-9,14,24H,10-13,15-16,28H2,1-3H3,(H,29,30,31)/t24-/m0/s1. The van der Waals surface area contributed by atoms with Gasteiger partial charge >= 0.3 is 0 Å². The Bertz CT molecular complexity index is 1240. The molecule has 0 radical (unpaired) electrons. The van der Waals surface area contributed by atoms with Gasteiger partial charge < -0.3 is 25.6 Å². The fourth-order valence-electron chi connectivity index (χ4n) is 5.05. The second-order valence-corrected chi connectivity index (χ2v) is 9.22. The van der Waals surface area contributed by atoms with Crippen LogP contribution in [0.1, 0.15) is 39.6 Å². The number of nitrogens with zero attached hydrogens (tertiary/aromatic N) is 4. The number of para-hydroxylation sites is 1. The normalized spacial score (nSPS) is 15.8. The predicted octanol–water partition coefficient (Wildman–Crippen LogP) is 2.98. The minimum absolute atomic E-state index is 0.130. The third kappa shape index (κ3) is 4.41. The molecule has 0 bridgehead atoms. The zero-order valence-electron chi connectivity index (χ0n) is 20.5. The van der Waals surface area contributed by atoms with E-state index in [4.69, 9.17) is 20.4 Å². The molecule has 1 aromatic heterocycles. The van der Waals surface area contributed by atoms with Crippen molar-refractivity contribution in [2.45, 2.75) is 38.9 Å². The molecule has 0 spiro atoms. The molecule has 3 aromatic rings. The van der Waals surface area contributed by atoms with Gasteiger partial charge in [-0.25, -0.2) is 4.98 Å². The number of nitrogens with one attached hydrogen (secondary N) is 1. The topological polar surface area (TPSA) is 96.6 Å². The van der Waals surface area contributed by atoms with Crippen molar-refractivity contribution in [1.82, 2.24) is 14.9 Å². The van der Waals surface area contributed by atoms with E-state index >= 15 is 0 Å². The first-order valence-electron chi connectivity index (χ1n) is 12.1. The van der Waals surface area contributed by atoms with Crippen LogP contribution in [-0.4, -0.2) is 48.0 Å². The van der Waals surface area contributed by atoms with Crippen LogP contribution >= 0.6 is 0 Å². The second kappa shape index (κ2) is 9.54. The number of carbonyl (C=O) groups is 1. The van der Waals surface area contributed by atoms with E-state index in [2.05, 4.69) is 35.3 Å². The third-order valence-electron chi connectivity index (χ3n) is 6.99. The molecule has 0 fully saturated rings. The number of hydrogen-bond acceptors (Lipinski definition) is 7. The molecule has 8 heteroatoms. The lowest BCUT2D eigenvalue weighted by Crippen LogP contribution is -2.42. The van der Waals surface area contributed by atoms with E-state index < -0.39 is 6.04 Å². The lowest BCUT2D eigenvalue weighted by molar-refractivity contribution is -0.133. The highest BCUT2D eigenvalue weighted by Gasteiger charge is 2.31. The largest absolute Gasteiger partial charge is 0.496 e. The minimum atomic E-state index is -0.789. The van der Waals surface area contributed by atoms with Crippen molar-refractivity contribution in [3.05, 3.63) is 76.0 Å². The maximum atomic E-state index is 13.3. The number of aryl methyl sites for hydroxylation is 1. The van der Waals surface area contributed by atoms with E-state index in [1.54, 1.807) is 12.0 Å². The highest BCUT2D eigenvalue weighted by Crippen LogP contribution is 2.31. The van der Waals surface area contributed by atoms with Gasteiger partial charge in [-0.05, 0) is 30.5 Å². The van der Waals surface area contributed by atoms with Crippen molar-refractivity contribution in [3.8, 4) is 5.75 Å². The molecule has 3 N–H and O–H groups in total. The minimum Gasteiger partial charge on any atom is -0.496 e. The van der Waals surface area contributed by atoms with Gasteiger partial charge in [-0.3, -0.25) is 4.79 Å². The highest BCUT2D eigenvalue weighted by molar-refractivity contribution is 5.84. The van der Waals surface area contributed by atoms with Crippen LogP contribution in [-0.2, 0) is 30.7 Å². The van der Waals surface area contributed by atoms with Gasteiger partial charge in [-0.2, -0.15) is 4.98 Å². The highest BCUT2D eigenvalue weighted by atomic mass is 16.5. The number of rotatable bonds is 5. The zero-order valence-corrected chi connectivity index (χ0v) is 20.5. The van der Waals surface area contributed by atoms with Crippen molar-refractivity contribution in [1.29, 1.82) is 0 Å². The smallest absolute Gasteiger partial charge is 0.244 e. The van der Waals surface area contributed by atoms with E-state index in [-0.39, 0.29) is 5.91 Å². The summed E-state index contributed by atoms with van der Waals surface area (Å²) in [6.07, 6.45) is 1.64. The van der Waals surface area contributed by atoms with Crippen LogP contribution in [0.3, 0.4) is 0 Å². The first-order chi connectivity index (χ1) is 17.0. The maximum Gasteiger partial charge on any atom is 0.244 e. The second-order valence-electron chi connectivity index (χ2n) is 9.22. The maximum absolute atomic E-state index is 13.3. The number of amides is 1. The fourth-order valence-corrected chi connectivity index (χ4v) is 5.05. The molecule has 2 aromatic carbocycles. The van der Waals surface area contributed by atoms with Crippen molar-refractivity contribution in [3.63, 3.8) is 0 Å². The number of hydrogen-bond donors (Lipinski definition) is 2. The van der Waals surface area contributed by atoms with Gasteiger partial charge in [-0.1, -0.05) is 42.0 Å². The molecular formula is C27H32N6O2. The summed E-state index contributed by atoms with van der Waals surface area (Å²) < 4.78 is 5.41. The number of methoxy groups -OCH3 is 1. The number of carbonyl (C=O) groups excluding carboxylic acids is 1. The lowest BCUT2D eigenvalue weighted by atomic mass is 9.98. The molecule has 8 nitrogen and oxygen atoms in total. The number of anilines is 2. The average molecular weight is 473 g/mol. The first kappa shape index (κ1) is 23.1. The molecule has 2 aliphatic rings. The zero-order chi connectivity index (χ0) is 24.5. The Hall–Kier alpha value is -3.65. The van der Waals surface area contributed by atoms with Crippen LogP contribution in [0, 0.1) is 6.92 Å². The summed E-state index contributed by atoms with van der Waals surface area (Å²) in [5, 5.41) is 3.23. The van der Waals surface area contributed by atoms with Crippen LogP contribution in [0.5, 0.6) is 5.75 Å². The predicted molar refractivity (Wildman–Crippen MR) is 137 cm³/mol. The van der Waals surface area contributed by atoms with E-state index in [1.807, 2.05) is 31.3 Å². The van der Waals surface area contributed by atoms with Gasteiger partial charge in [0.15, 0.2) is 0 Å². The van der Waals surface area contributed by atoms with E-state index in [0.717, 1.165) is 42.5 Å². The first-order valence-corrected chi connectivity index (χ1v) is 12.1. The molecule has 5 rings (SSSR count). The van der Waals surface area contributed by atoms with Crippen LogP contribution in [0.15, 0.2) is 42.5 Å². The number of nitrogens with two attached hydrogens (primary N) is 1. The SMILES string of the molecule is CNc1nc(N2CCc3ccc(C)cc3C2)nc2c1CN(C(=O)[C@@H](N)c1ccccc1OC)CC2. The molecule has 3 heterocycles. The van der Waals surface area contributed by atoms with Crippen molar-refractivity contribution >= 4 is 17.7 Å². The summed E-state index contributed by atoms with van der Waals surface area (Å²) in [5.74, 6) is 2.00. The van der Waals surface area contributed by atoms with E-state index in [1.165, 1.54) is 16.7 Å². The van der Waals surface area contributed by atoms with E-state index in [9.17, 15) is 4.79 Å². The molecule has 0 unspecified atom stereocenters. The number of aromatic nitrogens is 2. The van der Waals surface area contributed by atoms with E-state index in [0.29, 0.717) is 30.8 Å². The van der Waals surface area contributed by atoms with Crippen LogP contribution < -0.4 is 20.7 Å². The van der Waals surface area contributed by atoms with Crippen LogP contribution in [0.4, 0.5) is 11.8 Å². The molecule has 1 amide bonds. The Morgan fingerprint density at radius 1 is 1.09 bits per heavy atom. The molecular weight excluding hydrogens is 440 g/mol. The van der Waals surface area contributed by atoms with Crippen molar-refractivity contribution < 1.29 is 9.53 Å². The third-order valence-corrected chi connectivity index (χ3v) is 6.99. The van der Waals surface area contributed by atoms with Gasteiger partial charge in [-0.15, -0.1) is 0 Å². The lowest BCUT2D eigenvalue weighted by Gasteiger charge is -2.33. The van der Waals surface area contributed by atoms with Crippen molar-refractivity contribution in [2.24, 2.45) is 5.73 Å². The number of fused-ring (bicyclic) bond motifs is 2. The Kier molecular flexibility index (Phi) is 6.30. The van der Waals surface area contributed by atoms with Gasteiger partial charge in [0, 0.05) is 44.2 Å². The quantitative estimate of drug-likeness (QED) is 0.589. The van der Waals surface area contributed by atoms with Gasteiger partial charge in [0.25, 0.3) is 0 Å². The van der Waals surface area contributed by atoms with Gasteiger partial charge in [0.2, 0.25) is 11.9 Å². The Morgan fingerprint density at radius 3 is 2.71 bits per heavy atom. The molecule has 182 valence electrons. The fraction of sp³-hybridized carbons (Fsp3) is 0.370. The number of ether oxygens (including phenoxy) is 1. The summed E-state index contributed by atoms with van der Waals surface area (Å²) in [6.45, 7) is 4.81. The molecule has 0 saturated heterocycles. The molecule has 35 heavy (non-hydrogen) atoms. The Morgan fingerprint density at radius 2 is 1.91 bits per heavy atom. The van der Waals surface area contributed by atoms with Crippen LogP contribution in [0.2, 0.25) is 0 Å². The van der Waals surface area contributed by atoms with Crippen molar-refractivity contribution in [2.75, 3.05) is 37.5 Å². The van der Waals surface area contributed by atoms with Gasteiger partial charge in [0.1, 0.15) is 17.6 Å². The summed E-state index contributed by atoms with van der Waals surface area (Å²) >= 11 is 0. The molecule has 1 atom stereocenters. The molecule has 2 aliphatic heterocycles. The number of benzene rings is 2. The Labute approximate surface area is 206 Å². The summed E-state index contributed by atoms with van der Waals surface area (Å²) in [5.41, 5.74) is 13.0. The average Bonchev–Trinajstić information content (AvgIpc) is 2.90. The van der Waals surface area contributed by atoms with Gasteiger partial charge in [0.05, 0.1) is 19.3 Å². The molecule has 0 saturated carbocycles. The summed E-state index contributed by atoms with van der Waals surface area (Å²) in [6, 6.07) is 13.3. The summed E-state index contributed by atoms with van der Waals surface area (Å²) in [7, 11) is 3.45.